The molecule has 0 saturated heterocycles. The molecule has 1 fully saturated rings. The maximum Gasteiger partial charge on any atom is 0.511 e. The summed E-state index contributed by atoms with van der Waals surface area (Å²) >= 11 is 0. The van der Waals surface area contributed by atoms with E-state index in [4.69, 9.17) is 9.47 Å². The number of carbonyl (C=O) groups is 2. The van der Waals surface area contributed by atoms with Crippen molar-refractivity contribution in [2.75, 3.05) is 0 Å². The predicted molar refractivity (Wildman–Crippen MR) is 73.9 cm³/mol. The lowest BCUT2D eigenvalue weighted by Gasteiger charge is -2.42. The van der Waals surface area contributed by atoms with Crippen LogP contribution in [0.5, 0.6) is 0 Å². The lowest BCUT2D eigenvalue weighted by molar-refractivity contribution is -0.155. The summed E-state index contributed by atoms with van der Waals surface area (Å²) in [5, 5.41) is 0. The van der Waals surface area contributed by atoms with Gasteiger partial charge >= 0.3 is 6.16 Å². The monoisotopic (exact) mass is 286 g/mol. The molecule has 0 aromatic rings. The standard InChI is InChI=1S/C15H26O5/c1-7-15(6)12(8-10(2)14(15,4)5)20-13(17)19-11(3)18-9-16/h9-12H,7-8H2,1-6H3/t10-,11?,12+,15?/m1/s1. The van der Waals surface area contributed by atoms with E-state index in [1.807, 2.05) is 0 Å². The average molecular weight is 286 g/mol. The zero-order valence-corrected chi connectivity index (χ0v) is 13.3. The van der Waals surface area contributed by atoms with Gasteiger partial charge in [-0.05, 0) is 24.2 Å². The fraction of sp³-hybridized carbons (Fsp3) is 0.867. The molecule has 0 N–H and O–H groups in total. The van der Waals surface area contributed by atoms with Crippen LogP contribution in [0.2, 0.25) is 0 Å². The highest BCUT2D eigenvalue weighted by Crippen LogP contribution is 2.58. The molecule has 5 heteroatoms. The van der Waals surface area contributed by atoms with Gasteiger partial charge in [0, 0.05) is 12.3 Å². The van der Waals surface area contributed by atoms with Crippen LogP contribution >= 0.6 is 0 Å². The highest BCUT2D eigenvalue weighted by Gasteiger charge is 2.56. The molecule has 0 radical (unpaired) electrons. The fourth-order valence-electron chi connectivity index (χ4n) is 3.10. The van der Waals surface area contributed by atoms with E-state index >= 15 is 0 Å². The van der Waals surface area contributed by atoms with Crippen LogP contribution in [0.25, 0.3) is 0 Å². The van der Waals surface area contributed by atoms with Crippen LogP contribution in [0, 0.1) is 16.7 Å². The Morgan fingerprint density at radius 3 is 2.50 bits per heavy atom. The minimum Gasteiger partial charge on any atom is -0.430 e. The molecule has 1 aliphatic carbocycles. The van der Waals surface area contributed by atoms with E-state index in [9.17, 15) is 9.59 Å². The van der Waals surface area contributed by atoms with Crippen LogP contribution in [0.1, 0.15) is 54.4 Å². The highest BCUT2D eigenvalue weighted by atomic mass is 16.8. The van der Waals surface area contributed by atoms with Gasteiger partial charge in [-0.3, -0.25) is 4.79 Å². The van der Waals surface area contributed by atoms with Gasteiger partial charge in [-0.15, -0.1) is 0 Å². The first-order valence-electron chi connectivity index (χ1n) is 7.15. The zero-order chi connectivity index (χ0) is 15.6. The molecule has 4 atom stereocenters. The molecule has 0 bridgehead atoms. The van der Waals surface area contributed by atoms with E-state index in [1.165, 1.54) is 6.92 Å². The van der Waals surface area contributed by atoms with Gasteiger partial charge < -0.3 is 14.2 Å². The lowest BCUT2D eigenvalue weighted by Crippen LogP contribution is -2.41. The minimum absolute atomic E-state index is 0.0810. The molecule has 2 unspecified atom stereocenters. The van der Waals surface area contributed by atoms with E-state index in [1.54, 1.807) is 0 Å². The molecule has 20 heavy (non-hydrogen) atoms. The molecule has 1 rings (SSSR count). The first-order chi connectivity index (χ1) is 9.18. The Bertz CT molecular complexity index is 365. The maximum absolute atomic E-state index is 11.8. The molecule has 0 aromatic carbocycles. The van der Waals surface area contributed by atoms with Gasteiger partial charge in [0.2, 0.25) is 6.29 Å². The van der Waals surface area contributed by atoms with Crippen LogP contribution in [0.3, 0.4) is 0 Å². The summed E-state index contributed by atoms with van der Waals surface area (Å²) in [4.78, 5) is 21.9. The normalized spacial score (nSPS) is 33.3. The van der Waals surface area contributed by atoms with Crippen molar-refractivity contribution < 1.29 is 23.8 Å². The van der Waals surface area contributed by atoms with Crippen molar-refractivity contribution in [2.45, 2.75) is 66.8 Å². The van der Waals surface area contributed by atoms with E-state index in [0.717, 1.165) is 12.8 Å². The number of hydrogen-bond donors (Lipinski definition) is 0. The van der Waals surface area contributed by atoms with E-state index < -0.39 is 12.4 Å². The lowest BCUT2D eigenvalue weighted by atomic mass is 9.64. The van der Waals surface area contributed by atoms with Gasteiger partial charge in [-0.25, -0.2) is 4.79 Å². The summed E-state index contributed by atoms with van der Waals surface area (Å²) in [5.74, 6) is 0.453. The molecule has 0 heterocycles. The Kier molecular flexibility index (Phi) is 5.05. The predicted octanol–water partition coefficient (Wildman–Crippen LogP) is 3.51. The molecule has 1 aliphatic rings. The van der Waals surface area contributed by atoms with Gasteiger partial charge in [-0.1, -0.05) is 34.6 Å². The van der Waals surface area contributed by atoms with Crippen molar-refractivity contribution in [2.24, 2.45) is 16.7 Å². The largest absolute Gasteiger partial charge is 0.511 e. The van der Waals surface area contributed by atoms with Crippen molar-refractivity contribution in [3.8, 4) is 0 Å². The summed E-state index contributed by atoms with van der Waals surface area (Å²) in [6.07, 6.45) is -0.167. The summed E-state index contributed by atoms with van der Waals surface area (Å²) in [6.45, 7) is 12.6. The third-order valence-electron chi connectivity index (χ3n) is 5.46. The summed E-state index contributed by atoms with van der Waals surface area (Å²) in [5.41, 5.74) is -0.0161. The molecule has 5 nitrogen and oxygen atoms in total. The Hall–Kier alpha value is -1.26. The van der Waals surface area contributed by atoms with Crippen molar-refractivity contribution in [1.29, 1.82) is 0 Å². The van der Waals surface area contributed by atoms with Crippen LogP contribution in [0.15, 0.2) is 0 Å². The third kappa shape index (κ3) is 2.91. The van der Waals surface area contributed by atoms with Crippen molar-refractivity contribution in [3.63, 3.8) is 0 Å². The van der Waals surface area contributed by atoms with Gasteiger partial charge in [0.05, 0.1) is 0 Å². The molecular weight excluding hydrogens is 260 g/mol. The average Bonchev–Trinajstić information content (AvgIpc) is 2.51. The molecule has 116 valence electrons. The summed E-state index contributed by atoms with van der Waals surface area (Å²) < 4.78 is 14.9. The van der Waals surface area contributed by atoms with Gasteiger partial charge in [0.15, 0.2) is 0 Å². The molecule has 0 spiro atoms. The second kappa shape index (κ2) is 6.02. The molecular formula is C15H26O5. The van der Waals surface area contributed by atoms with Crippen molar-refractivity contribution in [3.05, 3.63) is 0 Å². The second-order valence-corrected chi connectivity index (χ2v) is 6.40. The molecule has 0 aromatic heterocycles. The highest BCUT2D eigenvalue weighted by molar-refractivity contribution is 5.60. The van der Waals surface area contributed by atoms with Crippen LogP contribution < -0.4 is 0 Å². The topological polar surface area (TPSA) is 61.8 Å². The quantitative estimate of drug-likeness (QED) is 0.439. The van der Waals surface area contributed by atoms with Gasteiger partial charge in [0.1, 0.15) is 6.10 Å². The first kappa shape index (κ1) is 16.8. The van der Waals surface area contributed by atoms with Crippen molar-refractivity contribution >= 4 is 12.6 Å². The summed E-state index contributed by atoms with van der Waals surface area (Å²) in [6, 6.07) is 0. The molecule has 0 aliphatic heterocycles. The van der Waals surface area contributed by atoms with Gasteiger partial charge in [-0.2, -0.15) is 0 Å². The second-order valence-electron chi connectivity index (χ2n) is 6.40. The number of rotatable bonds is 5. The summed E-state index contributed by atoms with van der Waals surface area (Å²) in [7, 11) is 0. The Morgan fingerprint density at radius 2 is 2.00 bits per heavy atom. The van der Waals surface area contributed by atoms with E-state index in [0.29, 0.717) is 5.92 Å². The molecule has 1 saturated carbocycles. The zero-order valence-electron chi connectivity index (χ0n) is 13.3. The first-order valence-corrected chi connectivity index (χ1v) is 7.15. The minimum atomic E-state index is -0.931. The van der Waals surface area contributed by atoms with Gasteiger partial charge in [0.25, 0.3) is 6.47 Å². The van der Waals surface area contributed by atoms with Crippen LogP contribution in [-0.2, 0) is 19.0 Å². The maximum atomic E-state index is 11.8. The third-order valence-corrected chi connectivity index (χ3v) is 5.46. The Morgan fingerprint density at radius 1 is 1.40 bits per heavy atom. The van der Waals surface area contributed by atoms with Crippen LogP contribution in [-0.4, -0.2) is 25.0 Å². The van der Waals surface area contributed by atoms with Crippen molar-refractivity contribution in [1.82, 2.24) is 0 Å². The fourth-order valence-corrected chi connectivity index (χ4v) is 3.10. The van der Waals surface area contributed by atoms with E-state index in [2.05, 4.69) is 39.4 Å². The SMILES string of the molecule is CCC1(C)[C@@H](OC(=O)OC(C)OC=O)C[C@@H](C)C1(C)C. The van der Waals surface area contributed by atoms with Crippen LogP contribution in [0.4, 0.5) is 4.79 Å². The Labute approximate surface area is 121 Å². The number of ether oxygens (including phenoxy) is 3. The number of carbonyl (C=O) groups excluding carboxylic acids is 2. The number of hydrogen-bond acceptors (Lipinski definition) is 5. The Balaban J connectivity index is 2.72. The van der Waals surface area contributed by atoms with E-state index in [-0.39, 0.29) is 23.4 Å². The molecule has 0 amide bonds. The smallest absolute Gasteiger partial charge is 0.430 e.